The topological polar surface area (TPSA) is 90.9 Å². The molecule has 4 aliphatic carbocycles. The molecule has 4 saturated carbocycles. The van der Waals surface area contributed by atoms with Gasteiger partial charge >= 0.3 is 0 Å². The summed E-state index contributed by atoms with van der Waals surface area (Å²) in [7, 11) is 0. The van der Waals surface area contributed by atoms with Gasteiger partial charge in [0.25, 0.3) is 5.91 Å². The Hall–Kier alpha value is -2.48. The first-order chi connectivity index (χ1) is 13.0. The number of rotatable bonds is 5. The van der Waals surface area contributed by atoms with Gasteiger partial charge in [0.1, 0.15) is 11.6 Å². The molecule has 1 aromatic rings. The number of nitrogens with one attached hydrogen (secondary N) is 2. The Kier molecular flexibility index (Phi) is 4.59. The second-order valence-electron chi connectivity index (χ2n) is 8.91. The molecule has 1 amide bonds. The largest absolute Gasteiger partial charge is 0.399 e. The van der Waals surface area contributed by atoms with E-state index in [1.54, 1.807) is 12.1 Å². The molecule has 1 atom stereocenters. The Balaban J connectivity index is 1.42. The van der Waals surface area contributed by atoms with Gasteiger partial charge < -0.3 is 16.4 Å². The van der Waals surface area contributed by atoms with Crippen LogP contribution in [0.5, 0.6) is 0 Å². The van der Waals surface area contributed by atoms with Crippen LogP contribution in [0, 0.1) is 34.5 Å². The van der Waals surface area contributed by atoms with Gasteiger partial charge in [-0.25, -0.2) is 0 Å². The fourth-order valence-electron chi connectivity index (χ4n) is 6.02. The van der Waals surface area contributed by atoms with Crippen LogP contribution in [-0.4, -0.2) is 11.9 Å². The number of anilines is 2. The Bertz CT molecular complexity index is 754. The average molecular weight is 364 g/mol. The molecule has 5 rings (SSSR count). The van der Waals surface area contributed by atoms with Crippen molar-refractivity contribution in [3.63, 3.8) is 0 Å². The van der Waals surface area contributed by atoms with Gasteiger partial charge in [-0.2, -0.15) is 5.26 Å². The number of carbonyl (C=O) groups excluding carboxylic acids is 1. The molecule has 0 aromatic heterocycles. The summed E-state index contributed by atoms with van der Waals surface area (Å²) < 4.78 is 0. The van der Waals surface area contributed by atoms with Crippen LogP contribution in [0.15, 0.2) is 36.0 Å². The van der Waals surface area contributed by atoms with E-state index in [1.807, 2.05) is 18.2 Å². The summed E-state index contributed by atoms with van der Waals surface area (Å²) in [6.45, 7) is 2.13. The molecule has 4 N–H and O–H groups in total. The molecule has 0 heterocycles. The zero-order valence-corrected chi connectivity index (χ0v) is 15.9. The number of nitrogen functional groups attached to an aromatic ring is 1. The van der Waals surface area contributed by atoms with Crippen LogP contribution in [-0.2, 0) is 4.79 Å². The highest BCUT2D eigenvalue weighted by atomic mass is 16.1. The lowest BCUT2D eigenvalue weighted by Gasteiger charge is -2.59. The quantitative estimate of drug-likeness (QED) is 0.421. The van der Waals surface area contributed by atoms with E-state index in [1.165, 1.54) is 44.7 Å². The van der Waals surface area contributed by atoms with Gasteiger partial charge in [0.05, 0.1) is 0 Å². The van der Waals surface area contributed by atoms with E-state index < -0.39 is 0 Å². The van der Waals surface area contributed by atoms with E-state index in [2.05, 4.69) is 17.6 Å². The summed E-state index contributed by atoms with van der Waals surface area (Å²) in [6.07, 6.45) is 9.33. The number of amides is 1. The van der Waals surface area contributed by atoms with Gasteiger partial charge in [-0.15, -0.1) is 0 Å². The van der Waals surface area contributed by atoms with Gasteiger partial charge in [0.2, 0.25) is 0 Å². The van der Waals surface area contributed by atoms with Gasteiger partial charge in [0, 0.05) is 23.6 Å². The van der Waals surface area contributed by atoms with Gasteiger partial charge in [-0.3, -0.25) is 4.79 Å². The van der Waals surface area contributed by atoms with E-state index in [4.69, 9.17) is 5.73 Å². The van der Waals surface area contributed by atoms with E-state index in [0.717, 1.165) is 23.4 Å². The van der Waals surface area contributed by atoms with E-state index in [-0.39, 0.29) is 22.9 Å². The third kappa shape index (κ3) is 3.53. The third-order valence-electron chi connectivity index (χ3n) is 7.01. The maximum atomic E-state index is 12.7. The number of nitrogens with two attached hydrogens (primary N) is 1. The number of nitrogens with zero attached hydrogens (tertiary/aromatic N) is 1. The summed E-state index contributed by atoms with van der Waals surface area (Å²) in [5.74, 6) is 2.24. The van der Waals surface area contributed by atoms with Gasteiger partial charge in [-0.1, -0.05) is 0 Å². The number of nitriles is 1. The summed E-state index contributed by atoms with van der Waals surface area (Å²) in [4.78, 5) is 12.7. The van der Waals surface area contributed by atoms with Gasteiger partial charge in [-0.05, 0) is 92.9 Å². The Morgan fingerprint density at radius 2 is 1.74 bits per heavy atom. The molecule has 4 fully saturated rings. The standard InChI is InChI=1S/C22H28N4O/c1-14(22-9-15-6-16(10-22)8-17(7-15)11-22)26-21(27)18(12-23)13-25-20-4-2-19(24)3-5-20/h2-5,13-17,25H,6-11,24H2,1H3,(H,26,27)/b18-13-. The Labute approximate surface area is 161 Å². The minimum absolute atomic E-state index is 0.100. The van der Waals surface area contributed by atoms with E-state index >= 15 is 0 Å². The summed E-state index contributed by atoms with van der Waals surface area (Å²) in [5.41, 5.74) is 7.47. The lowest BCUT2D eigenvalue weighted by Crippen LogP contribution is -2.56. The highest BCUT2D eigenvalue weighted by Gasteiger charge is 2.53. The average Bonchev–Trinajstić information content (AvgIpc) is 2.62. The first kappa shape index (κ1) is 17.9. The molecule has 5 heteroatoms. The molecule has 27 heavy (non-hydrogen) atoms. The fraction of sp³-hybridized carbons (Fsp3) is 0.545. The molecular formula is C22H28N4O. The maximum Gasteiger partial charge on any atom is 0.263 e. The van der Waals surface area contributed by atoms with Crippen molar-refractivity contribution in [2.24, 2.45) is 23.2 Å². The van der Waals surface area contributed by atoms with Gasteiger partial charge in [0.15, 0.2) is 0 Å². The van der Waals surface area contributed by atoms with Crippen molar-refractivity contribution in [1.29, 1.82) is 5.26 Å². The predicted molar refractivity (Wildman–Crippen MR) is 106 cm³/mol. The van der Waals surface area contributed by atoms with Crippen molar-refractivity contribution < 1.29 is 4.79 Å². The molecule has 4 bridgehead atoms. The molecule has 0 radical (unpaired) electrons. The second kappa shape index (κ2) is 6.92. The van der Waals surface area contributed by atoms with Crippen molar-refractivity contribution in [1.82, 2.24) is 5.32 Å². The normalized spacial score (nSPS) is 32.6. The SMILES string of the molecule is CC(NC(=O)/C(C#N)=C\Nc1ccc(N)cc1)C12CC3CC(CC(C3)C1)C2. The first-order valence-corrected chi connectivity index (χ1v) is 10.0. The molecule has 1 aromatic carbocycles. The van der Waals surface area contributed by atoms with Crippen molar-refractivity contribution in [3.05, 3.63) is 36.0 Å². The predicted octanol–water partition coefficient (Wildman–Crippen LogP) is 3.81. The smallest absolute Gasteiger partial charge is 0.263 e. The van der Waals surface area contributed by atoms with Crippen molar-refractivity contribution in [2.45, 2.75) is 51.5 Å². The molecule has 1 unspecified atom stereocenters. The maximum absolute atomic E-state index is 12.7. The summed E-state index contributed by atoms with van der Waals surface area (Å²) >= 11 is 0. The highest BCUT2D eigenvalue weighted by Crippen LogP contribution is 2.61. The first-order valence-electron chi connectivity index (χ1n) is 10.0. The van der Waals surface area contributed by atoms with E-state index in [9.17, 15) is 10.1 Å². The number of hydrogen-bond acceptors (Lipinski definition) is 4. The minimum Gasteiger partial charge on any atom is -0.399 e. The highest BCUT2D eigenvalue weighted by molar-refractivity contribution is 5.97. The zero-order valence-electron chi connectivity index (χ0n) is 15.9. The van der Waals surface area contributed by atoms with Crippen LogP contribution in [0.25, 0.3) is 0 Å². The molecule has 5 nitrogen and oxygen atoms in total. The Morgan fingerprint density at radius 1 is 1.19 bits per heavy atom. The molecule has 0 spiro atoms. The molecule has 0 aliphatic heterocycles. The number of benzene rings is 1. The van der Waals surface area contributed by atoms with Crippen LogP contribution >= 0.6 is 0 Å². The lowest BCUT2D eigenvalue weighted by molar-refractivity contribution is -0.122. The Morgan fingerprint density at radius 3 is 2.26 bits per heavy atom. The minimum atomic E-state index is -0.288. The number of carbonyl (C=O) groups is 1. The lowest BCUT2D eigenvalue weighted by atomic mass is 9.48. The van der Waals surface area contributed by atoms with Crippen LogP contribution in [0.2, 0.25) is 0 Å². The third-order valence-corrected chi connectivity index (χ3v) is 7.01. The summed E-state index contributed by atoms with van der Waals surface area (Å²) in [6, 6.07) is 9.31. The van der Waals surface area contributed by atoms with Crippen LogP contribution in [0.3, 0.4) is 0 Å². The van der Waals surface area contributed by atoms with Crippen LogP contribution < -0.4 is 16.4 Å². The van der Waals surface area contributed by atoms with Crippen molar-refractivity contribution >= 4 is 17.3 Å². The number of hydrogen-bond donors (Lipinski definition) is 3. The van der Waals surface area contributed by atoms with Crippen LogP contribution in [0.4, 0.5) is 11.4 Å². The molecule has 142 valence electrons. The monoisotopic (exact) mass is 364 g/mol. The van der Waals surface area contributed by atoms with Crippen molar-refractivity contribution in [2.75, 3.05) is 11.1 Å². The summed E-state index contributed by atoms with van der Waals surface area (Å²) in [5, 5.41) is 15.6. The van der Waals surface area contributed by atoms with Crippen molar-refractivity contribution in [3.8, 4) is 6.07 Å². The van der Waals surface area contributed by atoms with E-state index in [0.29, 0.717) is 5.69 Å². The molecule has 0 saturated heterocycles. The second-order valence-corrected chi connectivity index (χ2v) is 8.91. The fourth-order valence-corrected chi connectivity index (χ4v) is 6.02. The molecule has 4 aliphatic rings. The van der Waals surface area contributed by atoms with Crippen LogP contribution in [0.1, 0.15) is 45.4 Å². The zero-order chi connectivity index (χ0) is 19.0. The molecular weight excluding hydrogens is 336 g/mol.